The predicted molar refractivity (Wildman–Crippen MR) is 140 cm³/mol. The summed E-state index contributed by atoms with van der Waals surface area (Å²) < 4.78 is 16.6. The van der Waals surface area contributed by atoms with Gasteiger partial charge in [0.15, 0.2) is 11.5 Å². The number of fused-ring (bicyclic) bond motifs is 2. The monoisotopic (exact) mass is 515 g/mol. The van der Waals surface area contributed by atoms with Crippen molar-refractivity contribution in [3.8, 4) is 17.2 Å². The van der Waals surface area contributed by atoms with Crippen LogP contribution in [0.4, 0.5) is 0 Å². The van der Waals surface area contributed by atoms with Gasteiger partial charge in [-0.1, -0.05) is 54.1 Å². The Kier molecular flexibility index (Phi) is 7.19. The number of hydrogen-bond donors (Lipinski definition) is 2. The summed E-state index contributed by atoms with van der Waals surface area (Å²) in [5.74, 6) is 0.792. The van der Waals surface area contributed by atoms with Gasteiger partial charge >= 0.3 is 0 Å². The first-order valence-electron chi connectivity index (χ1n) is 11.5. The number of amides is 2. The lowest BCUT2D eigenvalue weighted by Crippen LogP contribution is -2.34. The van der Waals surface area contributed by atoms with Crippen LogP contribution in [0.15, 0.2) is 84.0 Å². The average Bonchev–Trinajstić information content (AvgIpc) is 3.40. The predicted octanol–water partition coefficient (Wildman–Crippen LogP) is 4.68. The number of halogens is 1. The van der Waals surface area contributed by atoms with Crippen LogP contribution >= 0.6 is 11.6 Å². The van der Waals surface area contributed by atoms with Gasteiger partial charge in [0, 0.05) is 16.1 Å². The number of rotatable bonds is 8. The van der Waals surface area contributed by atoms with Gasteiger partial charge in [0.1, 0.15) is 12.4 Å². The lowest BCUT2D eigenvalue weighted by Gasteiger charge is -2.12. The third kappa shape index (κ3) is 5.82. The molecule has 0 radical (unpaired) electrons. The van der Waals surface area contributed by atoms with Crippen LogP contribution in [-0.4, -0.2) is 31.4 Å². The van der Waals surface area contributed by atoms with E-state index < -0.39 is 11.8 Å². The largest absolute Gasteiger partial charge is 0.488 e. The molecular weight excluding hydrogens is 494 g/mol. The minimum atomic E-state index is -0.478. The van der Waals surface area contributed by atoms with Crippen molar-refractivity contribution in [2.45, 2.75) is 6.61 Å². The number of hydrazone groups is 1. The molecule has 0 saturated carbocycles. The highest BCUT2D eigenvalue weighted by Crippen LogP contribution is 2.32. The number of nitrogens with one attached hydrogen (secondary N) is 2. The first kappa shape index (κ1) is 24.1. The molecule has 2 N–H and O–H groups in total. The van der Waals surface area contributed by atoms with Gasteiger partial charge in [-0.15, -0.1) is 0 Å². The van der Waals surface area contributed by atoms with Crippen LogP contribution in [-0.2, 0) is 11.4 Å². The van der Waals surface area contributed by atoms with E-state index in [0.29, 0.717) is 34.4 Å². The van der Waals surface area contributed by atoms with Crippen molar-refractivity contribution in [1.82, 2.24) is 10.7 Å². The molecule has 0 bridgehead atoms. The Balaban J connectivity index is 1.23. The van der Waals surface area contributed by atoms with Crippen molar-refractivity contribution in [3.05, 3.63) is 101 Å². The number of benzene rings is 4. The molecule has 9 heteroatoms. The number of carbonyl (C=O) groups is 2. The summed E-state index contributed by atoms with van der Waals surface area (Å²) in [5.41, 5.74) is 4.50. The molecule has 5 rings (SSSR count). The Morgan fingerprint density at radius 3 is 2.65 bits per heavy atom. The molecule has 0 saturated heterocycles. The molecule has 186 valence electrons. The molecule has 0 aliphatic carbocycles. The van der Waals surface area contributed by atoms with Gasteiger partial charge in [-0.3, -0.25) is 9.59 Å². The van der Waals surface area contributed by atoms with Crippen LogP contribution in [0.5, 0.6) is 17.2 Å². The normalized spacial score (nSPS) is 12.0. The molecule has 0 spiro atoms. The van der Waals surface area contributed by atoms with Crippen LogP contribution in [0.2, 0.25) is 5.02 Å². The molecule has 0 fully saturated rings. The van der Waals surface area contributed by atoms with Crippen LogP contribution in [0, 0.1) is 0 Å². The van der Waals surface area contributed by atoms with Crippen LogP contribution in [0.25, 0.3) is 10.8 Å². The van der Waals surface area contributed by atoms with Crippen molar-refractivity contribution in [3.63, 3.8) is 0 Å². The Morgan fingerprint density at radius 1 is 0.973 bits per heavy atom. The van der Waals surface area contributed by atoms with Crippen molar-refractivity contribution >= 4 is 40.4 Å². The minimum Gasteiger partial charge on any atom is -0.488 e. The highest BCUT2D eigenvalue weighted by atomic mass is 35.5. The molecule has 1 heterocycles. The van der Waals surface area contributed by atoms with Gasteiger partial charge in [0.2, 0.25) is 6.79 Å². The molecule has 37 heavy (non-hydrogen) atoms. The average molecular weight is 516 g/mol. The fourth-order valence-corrected chi connectivity index (χ4v) is 3.91. The second-order valence-electron chi connectivity index (χ2n) is 8.16. The lowest BCUT2D eigenvalue weighted by atomic mass is 10.0. The maximum atomic E-state index is 12.4. The zero-order valence-electron chi connectivity index (χ0n) is 19.6. The van der Waals surface area contributed by atoms with E-state index in [2.05, 4.69) is 15.8 Å². The van der Waals surface area contributed by atoms with Gasteiger partial charge in [0.25, 0.3) is 11.8 Å². The second kappa shape index (κ2) is 11.0. The smallest absolute Gasteiger partial charge is 0.259 e. The number of hydrogen-bond acceptors (Lipinski definition) is 6. The fraction of sp³-hybridized carbons (Fsp3) is 0.107. The van der Waals surface area contributed by atoms with Gasteiger partial charge in [-0.25, -0.2) is 5.43 Å². The van der Waals surface area contributed by atoms with Crippen molar-refractivity contribution in [1.29, 1.82) is 0 Å². The maximum Gasteiger partial charge on any atom is 0.259 e. The van der Waals surface area contributed by atoms with Crippen molar-refractivity contribution < 1.29 is 23.8 Å². The quantitative estimate of drug-likeness (QED) is 0.262. The second-order valence-corrected chi connectivity index (χ2v) is 8.59. The van der Waals surface area contributed by atoms with E-state index in [-0.39, 0.29) is 13.3 Å². The topological polar surface area (TPSA) is 98.3 Å². The summed E-state index contributed by atoms with van der Waals surface area (Å²) in [5, 5.41) is 9.26. The summed E-state index contributed by atoms with van der Waals surface area (Å²) in [4.78, 5) is 24.7. The first-order chi connectivity index (χ1) is 18.1. The molecule has 4 aromatic rings. The fourth-order valence-electron chi connectivity index (χ4n) is 3.79. The van der Waals surface area contributed by atoms with E-state index in [1.807, 2.05) is 60.7 Å². The first-order valence-corrected chi connectivity index (χ1v) is 11.8. The molecule has 1 aliphatic heterocycles. The molecule has 0 aromatic heterocycles. The molecule has 0 unspecified atom stereocenters. The Bertz CT molecular complexity index is 1490. The third-order valence-electron chi connectivity index (χ3n) is 5.67. The number of carbonyl (C=O) groups excluding carboxylic acids is 2. The summed E-state index contributed by atoms with van der Waals surface area (Å²) in [6.45, 7) is 0.208. The Morgan fingerprint density at radius 2 is 1.78 bits per heavy atom. The highest BCUT2D eigenvalue weighted by Gasteiger charge is 2.16. The lowest BCUT2D eigenvalue weighted by molar-refractivity contribution is -0.120. The number of nitrogens with zero attached hydrogens (tertiary/aromatic N) is 1. The molecule has 4 aromatic carbocycles. The maximum absolute atomic E-state index is 12.4. The van der Waals surface area contributed by atoms with E-state index >= 15 is 0 Å². The summed E-state index contributed by atoms with van der Waals surface area (Å²) in [6.07, 6.45) is 1.54. The van der Waals surface area contributed by atoms with Crippen LogP contribution in [0.3, 0.4) is 0 Å². The molecule has 1 aliphatic rings. The molecule has 0 atom stereocenters. The van der Waals surface area contributed by atoms with Crippen molar-refractivity contribution in [2.75, 3.05) is 13.3 Å². The van der Waals surface area contributed by atoms with Crippen LogP contribution in [0.1, 0.15) is 21.5 Å². The highest BCUT2D eigenvalue weighted by molar-refractivity contribution is 6.30. The zero-order chi connectivity index (χ0) is 25.6. The van der Waals surface area contributed by atoms with Gasteiger partial charge < -0.3 is 19.5 Å². The minimum absolute atomic E-state index is 0.116. The Labute approximate surface area is 217 Å². The van der Waals surface area contributed by atoms with E-state index in [4.69, 9.17) is 25.8 Å². The van der Waals surface area contributed by atoms with E-state index in [1.165, 1.54) is 6.21 Å². The number of ether oxygens (including phenoxy) is 3. The SMILES string of the molecule is O=C(CNC(=O)c1ccc2c(c1)OCO2)NN=Cc1c(OCc2ccc(Cl)cc2)ccc2ccccc12. The van der Waals surface area contributed by atoms with Gasteiger partial charge in [0.05, 0.1) is 12.8 Å². The van der Waals surface area contributed by atoms with Crippen molar-refractivity contribution in [2.24, 2.45) is 5.10 Å². The standard InChI is InChI=1S/C28H22ClN3O5/c29-21-9-5-18(6-10-21)16-35-24-11-7-19-3-1-2-4-22(19)23(24)14-31-32-27(33)15-30-28(34)20-8-12-25-26(13-20)37-17-36-25/h1-14H,15-17H2,(H,30,34)(H,32,33). The molecule has 8 nitrogen and oxygen atoms in total. The summed E-state index contributed by atoms with van der Waals surface area (Å²) in [7, 11) is 0. The van der Waals surface area contributed by atoms with Gasteiger partial charge in [-0.2, -0.15) is 5.10 Å². The van der Waals surface area contributed by atoms with E-state index in [9.17, 15) is 9.59 Å². The van der Waals surface area contributed by atoms with E-state index in [0.717, 1.165) is 21.9 Å². The van der Waals surface area contributed by atoms with E-state index in [1.54, 1.807) is 18.2 Å². The van der Waals surface area contributed by atoms with Gasteiger partial charge in [-0.05, 0) is 52.7 Å². The summed E-state index contributed by atoms with van der Waals surface area (Å²) in [6, 6.07) is 23.9. The molecule has 2 amide bonds. The molecular formula is C28H22ClN3O5. The third-order valence-corrected chi connectivity index (χ3v) is 5.92. The Hall–Kier alpha value is -4.56. The van der Waals surface area contributed by atoms with Crippen LogP contribution < -0.4 is 25.0 Å². The zero-order valence-corrected chi connectivity index (χ0v) is 20.3. The summed E-state index contributed by atoms with van der Waals surface area (Å²) >= 11 is 5.97.